The molecule has 0 saturated carbocycles. The summed E-state index contributed by atoms with van der Waals surface area (Å²) in [5.74, 6) is -0.683. The summed E-state index contributed by atoms with van der Waals surface area (Å²) in [4.78, 5) is 25.8. The molecule has 0 aromatic heterocycles. The largest absolute Gasteiger partial charge is 0.466 e. The van der Waals surface area contributed by atoms with E-state index in [1.54, 1.807) is 19.7 Å². The Hall–Kier alpha value is -3.53. The Morgan fingerprint density at radius 1 is 0.917 bits per heavy atom. The van der Waals surface area contributed by atoms with Crippen LogP contribution in [0.15, 0.2) is 84.9 Å². The molecule has 0 aliphatic carbocycles. The van der Waals surface area contributed by atoms with Gasteiger partial charge < -0.3 is 9.26 Å². The number of benzene rings is 4. The number of Topliss-reactive ketones (excluding diaryl/α,β-unsaturated/α-hetero) is 1. The second kappa shape index (κ2) is 11.0. The van der Waals surface area contributed by atoms with Crippen LogP contribution in [0.2, 0.25) is 0 Å². The molecule has 2 unspecified atom stereocenters. The van der Waals surface area contributed by atoms with Gasteiger partial charge in [0, 0.05) is 19.2 Å². The second-order valence-corrected chi connectivity index (χ2v) is 11.3. The molecule has 0 fully saturated rings. The molecule has 4 aromatic rings. The lowest BCUT2D eigenvalue weighted by Crippen LogP contribution is -2.17. The van der Waals surface area contributed by atoms with E-state index in [9.17, 15) is 14.2 Å². The van der Waals surface area contributed by atoms with Gasteiger partial charge in [0.05, 0.1) is 13.7 Å². The van der Waals surface area contributed by atoms with Gasteiger partial charge >= 0.3 is 5.97 Å². The van der Waals surface area contributed by atoms with E-state index in [4.69, 9.17) is 9.26 Å². The molecule has 0 heterocycles. The Morgan fingerprint density at radius 2 is 1.56 bits per heavy atom. The number of fused-ring (bicyclic) bond motifs is 2. The van der Waals surface area contributed by atoms with Crippen LogP contribution in [0.1, 0.15) is 29.3 Å². The third-order valence-corrected chi connectivity index (χ3v) is 8.52. The third kappa shape index (κ3) is 5.48. The molecule has 6 heteroatoms. The molecular formula is C30H29O5P. The number of hydrogen-bond donors (Lipinski definition) is 0. The topological polar surface area (TPSA) is 69.7 Å². The zero-order valence-electron chi connectivity index (χ0n) is 20.6. The van der Waals surface area contributed by atoms with Crippen molar-refractivity contribution in [2.75, 3.05) is 20.4 Å². The van der Waals surface area contributed by atoms with Crippen LogP contribution in [0, 0.1) is 0 Å². The van der Waals surface area contributed by atoms with Crippen molar-refractivity contribution in [1.29, 1.82) is 0 Å². The van der Waals surface area contributed by atoms with Gasteiger partial charge in [-0.15, -0.1) is 0 Å². The summed E-state index contributed by atoms with van der Waals surface area (Å²) >= 11 is 0. The summed E-state index contributed by atoms with van der Waals surface area (Å²) in [6.45, 7) is 3.56. The fraction of sp³-hybridized carbons (Fsp3) is 0.200. The molecular weight excluding hydrogens is 471 g/mol. The van der Waals surface area contributed by atoms with Gasteiger partial charge in [0.25, 0.3) is 0 Å². The lowest BCUT2D eigenvalue weighted by Gasteiger charge is -2.25. The van der Waals surface area contributed by atoms with Crippen molar-refractivity contribution in [1.82, 2.24) is 0 Å². The third-order valence-electron chi connectivity index (χ3n) is 6.25. The van der Waals surface area contributed by atoms with Crippen LogP contribution in [0.5, 0.6) is 0 Å². The van der Waals surface area contributed by atoms with Gasteiger partial charge in [0.2, 0.25) is 7.37 Å². The van der Waals surface area contributed by atoms with E-state index in [0.29, 0.717) is 5.56 Å². The zero-order chi connectivity index (χ0) is 25.7. The highest BCUT2D eigenvalue weighted by Gasteiger charge is 2.37. The highest BCUT2D eigenvalue weighted by atomic mass is 31.2. The minimum atomic E-state index is -3.36. The molecule has 5 nitrogen and oxygen atoms in total. The Labute approximate surface area is 211 Å². The maximum atomic E-state index is 14.0. The number of ketones is 1. The Kier molecular flexibility index (Phi) is 7.83. The van der Waals surface area contributed by atoms with Gasteiger partial charge in [-0.3, -0.25) is 9.36 Å². The first kappa shape index (κ1) is 25.6. The number of rotatable bonds is 9. The fourth-order valence-corrected chi connectivity index (χ4v) is 6.64. The normalized spacial score (nSPS) is 14.1. The van der Waals surface area contributed by atoms with Gasteiger partial charge in [0.15, 0.2) is 5.78 Å². The van der Waals surface area contributed by atoms with Crippen molar-refractivity contribution in [3.05, 3.63) is 102 Å². The van der Waals surface area contributed by atoms with Crippen molar-refractivity contribution in [3.8, 4) is 0 Å². The van der Waals surface area contributed by atoms with Crippen LogP contribution < -0.4 is 0 Å². The molecule has 0 bridgehead atoms. The van der Waals surface area contributed by atoms with E-state index in [1.807, 2.05) is 78.9 Å². The number of esters is 1. The average Bonchev–Trinajstić information content (AvgIpc) is 2.87. The molecule has 0 amide bonds. The van der Waals surface area contributed by atoms with Gasteiger partial charge in [-0.2, -0.15) is 0 Å². The fourth-order valence-electron chi connectivity index (χ4n) is 4.63. The molecule has 4 rings (SSSR count). The predicted octanol–water partition coefficient (Wildman–Crippen LogP) is 6.98. The quantitative estimate of drug-likeness (QED) is 0.141. The highest BCUT2D eigenvalue weighted by Crippen LogP contribution is 2.58. The first-order valence-electron chi connectivity index (χ1n) is 11.8. The molecule has 4 aromatic carbocycles. The van der Waals surface area contributed by atoms with Crippen LogP contribution in [0.3, 0.4) is 0 Å². The lowest BCUT2D eigenvalue weighted by atomic mass is 9.93. The molecule has 0 radical (unpaired) electrons. The smallest absolute Gasteiger partial charge is 0.330 e. The number of hydrogen-bond acceptors (Lipinski definition) is 5. The molecule has 184 valence electrons. The predicted molar refractivity (Wildman–Crippen MR) is 146 cm³/mol. The molecule has 0 saturated heterocycles. The summed E-state index contributed by atoms with van der Waals surface area (Å²) in [6.07, 6.45) is 3.03. The zero-order valence-corrected chi connectivity index (χ0v) is 21.5. The first-order valence-corrected chi connectivity index (χ1v) is 14.0. The lowest BCUT2D eigenvalue weighted by molar-refractivity contribution is -0.134. The Morgan fingerprint density at radius 3 is 2.25 bits per heavy atom. The molecule has 0 spiro atoms. The number of ether oxygens (including phenoxy) is 1. The van der Waals surface area contributed by atoms with Gasteiger partial charge in [-0.1, -0.05) is 72.8 Å². The Balaban J connectivity index is 1.82. The molecule has 0 N–H and O–H groups in total. The van der Waals surface area contributed by atoms with E-state index < -0.39 is 19.0 Å². The summed E-state index contributed by atoms with van der Waals surface area (Å²) in [5, 5.41) is 3.81. The molecule has 0 aliphatic heterocycles. The molecule has 0 aliphatic rings. The van der Waals surface area contributed by atoms with E-state index in [-0.39, 0.29) is 18.8 Å². The van der Waals surface area contributed by atoms with E-state index in [2.05, 4.69) is 0 Å². The van der Waals surface area contributed by atoms with Crippen molar-refractivity contribution in [2.45, 2.75) is 19.0 Å². The summed E-state index contributed by atoms with van der Waals surface area (Å²) in [6, 6.07) is 25.2. The maximum Gasteiger partial charge on any atom is 0.330 e. The first-order chi connectivity index (χ1) is 17.3. The van der Waals surface area contributed by atoms with Gasteiger partial charge in [0.1, 0.15) is 5.66 Å². The summed E-state index contributed by atoms with van der Waals surface area (Å²) < 4.78 is 24.3. The standard InChI is InChI=1S/C30H29O5P/c1-4-35-36(3,33)30(27-15-9-13-21-10-7-8-14-26(21)27)28(31)20-25-19-23-12-6-5-11-22(23)18-24(25)16-17-29(32)34-2/h5-19,30H,4,20H2,1-3H3/b17-16+. The van der Waals surface area contributed by atoms with Gasteiger partial charge in [-0.05, 0) is 57.3 Å². The highest BCUT2D eigenvalue weighted by molar-refractivity contribution is 7.59. The average molecular weight is 501 g/mol. The molecule has 2 atom stereocenters. The van der Waals surface area contributed by atoms with Crippen molar-refractivity contribution in [2.24, 2.45) is 0 Å². The number of methoxy groups -OCH3 is 1. The van der Waals surface area contributed by atoms with E-state index in [1.165, 1.54) is 13.2 Å². The van der Waals surface area contributed by atoms with Gasteiger partial charge in [-0.25, -0.2) is 4.79 Å². The van der Waals surface area contributed by atoms with Crippen LogP contribution in [-0.2, 0) is 29.8 Å². The minimum absolute atomic E-state index is 0.0322. The van der Waals surface area contributed by atoms with Crippen LogP contribution in [0.25, 0.3) is 27.6 Å². The Bertz CT molecular complexity index is 1500. The summed E-state index contributed by atoms with van der Waals surface area (Å²) in [5.41, 5.74) is 1.24. The van der Waals surface area contributed by atoms with E-state index >= 15 is 0 Å². The maximum absolute atomic E-state index is 14.0. The SMILES string of the molecule is CCOP(C)(=O)C(C(=O)Cc1cc2ccccc2cc1/C=C/C(=O)OC)c1cccc2ccccc12. The van der Waals surface area contributed by atoms with Crippen molar-refractivity contribution < 1.29 is 23.4 Å². The van der Waals surface area contributed by atoms with Crippen LogP contribution in [-0.4, -0.2) is 32.1 Å². The van der Waals surface area contributed by atoms with Crippen molar-refractivity contribution >= 4 is 46.7 Å². The van der Waals surface area contributed by atoms with Crippen molar-refractivity contribution in [3.63, 3.8) is 0 Å². The monoisotopic (exact) mass is 500 g/mol. The second-order valence-electron chi connectivity index (χ2n) is 8.70. The van der Waals surface area contributed by atoms with Crippen LogP contribution >= 0.6 is 7.37 Å². The summed E-state index contributed by atoms with van der Waals surface area (Å²) in [7, 11) is -2.04. The van der Waals surface area contributed by atoms with Crippen LogP contribution in [0.4, 0.5) is 0 Å². The number of carbonyl (C=O) groups is 2. The molecule has 36 heavy (non-hydrogen) atoms. The number of carbonyl (C=O) groups excluding carboxylic acids is 2. The van der Waals surface area contributed by atoms with E-state index in [0.717, 1.165) is 32.7 Å². The minimum Gasteiger partial charge on any atom is -0.466 e.